The van der Waals surface area contributed by atoms with Crippen LogP contribution in [0.2, 0.25) is 0 Å². The van der Waals surface area contributed by atoms with Crippen LogP contribution in [-0.4, -0.2) is 0 Å². The van der Waals surface area contributed by atoms with E-state index < -0.39 is 46.6 Å². The second-order valence-electron chi connectivity index (χ2n) is 10.8. The first kappa shape index (κ1) is 32.2. The Morgan fingerprint density at radius 1 is 0.500 bits per heavy atom. The Balaban J connectivity index is 1.36. The molecule has 0 unspecified atom stereocenters. The lowest BCUT2D eigenvalue weighted by Crippen LogP contribution is -2.25. The zero-order valence-electron chi connectivity index (χ0n) is 25.4. The van der Waals surface area contributed by atoms with Gasteiger partial charge in [-0.15, -0.1) is 4.86 Å². The van der Waals surface area contributed by atoms with E-state index in [9.17, 15) is 17.6 Å². The largest absolute Gasteiger partial charge is 0.634 e. The summed E-state index contributed by atoms with van der Waals surface area (Å²) in [5.41, 5.74) is 0. The van der Waals surface area contributed by atoms with E-state index in [2.05, 4.69) is 4.86 Å². The van der Waals surface area contributed by atoms with Gasteiger partial charge in [-0.2, -0.15) is 0 Å². The molecule has 0 atom stereocenters. The summed E-state index contributed by atoms with van der Waals surface area (Å²) in [7, 11) is -12.1. The molecule has 16 heteroatoms. The molecular weight excluding hydrogens is 715 g/mol. The van der Waals surface area contributed by atoms with Gasteiger partial charge in [0.15, 0.2) is 23.0 Å². The average molecular weight is 738 g/mol. The van der Waals surface area contributed by atoms with Gasteiger partial charge in [-0.3, -0.25) is 9.05 Å². The lowest BCUT2D eigenvalue weighted by atomic mass is 10.1. The van der Waals surface area contributed by atoms with E-state index in [0.29, 0.717) is 11.5 Å². The number of rotatable bonds is 8. The van der Waals surface area contributed by atoms with Crippen molar-refractivity contribution in [3.8, 4) is 34.5 Å². The van der Waals surface area contributed by atoms with Crippen LogP contribution in [0.5, 0.6) is 34.5 Å². The van der Waals surface area contributed by atoms with E-state index in [1.54, 1.807) is 12.1 Å². The lowest BCUT2D eigenvalue weighted by Gasteiger charge is -2.31. The molecule has 0 amide bonds. The van der Waals surface area contributed by atoms with Crippen molar-refractivity contribution in [2.45, 2.75) is 0 Å². The van der Waals surface area contributed by atoms with Gasteiger partial charge < -0.3 is 18.1 Å². The minimum absolute atomic E-state index is 0.0958. The zero-order valence-corrected chi connectivity index (χ0v) is 28.1. The second-order valence-corrected chi connectivity index (χ2v) is 17.2. The number of hydrogen-bond acceptors (Lipinski definition) is 9. The molecule has 0 fully saturated rings. The van der Waals surface area contributed by atoms with E-state index >= 15 is 0 Å². The van der Waals surface area contributed by atoms with E-state index in [1.807, 2.05) is 24.3 Å². The molecule has 0 bridgehead atoms. The number of fused-ring (bicyclic) bond motifs is 2. The summed E-state index contributed by atoms with van der Waals surface area (Å²) in [6, 6.07) is 31.4. The zero-order chi connectivity index (χ0) is 34.3. The quantitative estimate of drug-likeness (QED) is 0.123. The van der Waals surface area contributed by atoms with Crippen molar-refractivity contribution in [1.29, 1.82) is 0 Å². The highest BCUT2D eigenvalue weighted by Crippen LogP contribution is 2.81. The summed E-state index contributed by atoms with van der Waals surface area (Å²) in [5, 5.41) is 1.71. The maximum Gasteiger partial charge on any atom is 0.634 e. The second kappa shape index (κ2) is 12.7. The van der Waals surface area contributed by atoms with Crippen LogP contribution in [0.25, 0.3) is 10.8 Å². The van der Waals surface area contributed by atoms with E-state index in [0.717, 1.165) is 10.8 Å². The first-order chi connectivity index (χ1) is 24.1. The first-order valence-corrected chi connectivity index (χ1v) is 19.5. The maximum absolute atomic E-state index is 14.0. The van der Waals surface area contributed by atoms with Gasteiger partial charge in [0.25, 0.3) is 0 Å². The molecule has 0 saturated carbocycles. The Hall–Kier alpha value is -5.05. The summed E-state index contributed by atoms with van der Waals surface area (Å²) < 4.78 is 105. The predicted molar refractivity (Wildman–Crippen MR) is 182 cm³/mol. The highest BCUT2D eigenvalue weighted by atomic mass is 31.3. The molecule has 0 aromatic heterocycles. The standard InChI is InChI=1S/C34H23F4N3O6P3/c35-25-5-13-29(14-6-25)42-48(43-30-15-7-26(36)8-16-30)39-49(44-31-17-9-27(37)10-18-31,45-32-19-11-28(38)12-20-32)41-50(40-48)46-33-21-23-3-1-2-4-24(23)22-34(33)47-50/h1-22,40H/q+1. The topological polar surface area (TPSA) is 92.1 Å². The van der Waals surface area contributed by atoms with Gasteiger partial charge in [0.1, 0.15) is 34.8 Å². The number of benzene rings is 6. The molecule has 9 nitrogen and oxygen atoms in total. The Labute approximate surface area is 283 Å². The van der Waals surface area contributed by atoms with Crippen LogP contribution in [0.15, 0.2) is 142 Å². The van der Waals surface area contributed by atoms with Gasteiger partial charge in [-0.25, -0.2) is 17.6 Å². The van der Waals surface area contributed by atoms with Gasteiger partial charge in [0, 0.05) is 0 Å². The van der Waals surface area contributed by atoms with Crippen molar-refractivity contribution >= 4 is 34.1 Å². The van der Waals surface area contributed by atoms with Crippen LogP contribution in [-0.2, 0) is 0 Å². The maximum atomic E-state index is 14.0. The van der Waals surface area contributed by atoms with E-state index in [1.165, 1.54) is 97.1 Å². The summed E-state index contributed by atoms with van der Waals surface area (Å²) in [5.74, 6) is -1.03. The van der Waals surface area contributed by atoms with Crippen LogP contribution in [0, 0.1) is 23.3 Å². The van der Waals surface area contributed by atoms with Gasteiger partial charge in [0.05, 0.1) is 9.03 Å². The summed E-state index contributed by atoms with van der Waals surface area (Å²) in [4.78, 5) is 3.17. The molecule has 1 spiro atoms. The van der Waals surface area contributed by atoms with Crippen molar-refractivity contribution in [3.63, 3.8) is 0 Å². The van der Waals surface area contributed by atoms with Crippen molar-refractivity contribution in [1.82, 2.24) is 4.86 Å². The molecule has 2 aliphatic rings. The van der Waals surface area contributed by atoms with Crippen molar-refractivity contribution in [2.24, 2.45) is 9.03 Å². The lowest BCUT2D eigenvalue weighted by molar-refractivity contribution is 0.436. The molecule has 0 saturated heterocycles. The van der Waals surface area contributed by atoms with Crippen LogP contribution in [0.3, 0.4) is 0 Å². The molecule has 1 N–H and O–H groups in total. The average Bonchev–Trinajstić information content (AvgIpc) is 3.42. The third-order valence-corrected chi connectivity index (χ3v) is 15.5. The molecule has 0 radical (unpaired) electrons. The number of nitrogens with zero attached hydrogens (tertiary/aromatic N) is 2. The molecule has 2 aliphatic heterocycles. The minimum Gasteiger partial charge on any atom is -0.417 e. The van der Waals surface area contributed by atoms with E-state index in [4.69, 9.17) is 36.2 Å². The van der Waals surface area contributed by atoms with Crippen molar-refractivity contribution < 1.29 is 44.7 Å². The molecule has 50 heavy (non-hydrogen) atoms. The monoisotopic (exact) mass is 738 g/mol. The molecule has 6 aromatic carbocycles. The van der Waals surface area contributed by atoms with Crippen LogP contribution in [0.4, 0.5) is 17.6 Å². The molecule has 0 aliphatic carbocycles. The summed E-state index contributed by atoms with van der Waals surface area (Å²) >= 11 is 0. The van der Waals surface area contributed by atoms with Crippen LogP contribution >= 0.6 is 23.3 Å². The smallest absolute Gasteiger partial charge is 0.417 e. The molecule has 8 rings (SSSR count). The van der Waals surface area contributed by atoms with Gasteiger partial charge in [-0.1, -0.05) is 24.3 Å². The minimum atomic E-state index is -4.18. The Bertz CT molecular complexity index is 2180. The Morgan fingerprint density at radius 3 is 1.28 bits per heavy atom. The van der Waals surface area contributed by atoms with Crippen molar-refractivity contribution in [2.75, 3.05) is 0 Å². The third kappa shape index (κ3) is 6.73. The summed E-state index contributed by atoms with van der Waals surface area (Å²) in [6.45, 7) is 0. The van der Waals surface area contributed by atoms with Crippen molar-refractivity contribution in [3.05, 3.63) is 157 Å². The fraction of sp³-hybridized carbons (Fsp3) is 0. The fourth-order valence-electron chi connectivity index (χ4n) is 4.95. The Morgan fingerprint density at radius 2 is 0.880 bits per heavy atom. The van der Waals surface area contributed by atoms with Gasteiger partial charge in [0.2, 0.25) is 0 Å². The third-order valence-electron chi connectivity index (χ3n) is 7.13. The predicted octanol–water partition coefficient (Wildman–Crippen LogP) is 11.7. The molecule has 252 valence electrons. The van der Waals surface area contributed by atoms with Crippen LogP contribution < -0.4 is 32.0 Å². The molecule has 6 aromatic rings. The van der Waals surface area contributed by atoms with Crippen LogP contribution in [0.1, 0.15) is 0 Å². The highest BCUT2D eigenvalue weighted by molar-refractivity contribution is 7.84. The number of halogens is 4. The SMILES string of the molecule is Fc1ccc(OP2(Oc3ccc(F)cc3)=N[P+](Oc3ccc(F)cc3)(Oc3ccc(F)cc3)N=P3(N2)Oc2cc4ccccc4cc2O3)cc1. The van der Waals surface area contributed by atoms with Gasteiger partial charge in [-0.05, 0) is 120 Å². The van der Waals surface area contributed by atoms with Gasteiger partial charge >= 0.3 is 23.3 Å². The Kier molecular flexibility index (Phi) is 8.16. The number of hydrogen-bond donors (Lipinski definition) is 1. The van der Waals surface area contributed by atoms with E-state index in [-0.39, 0.29) is 23.0 Å². The first-order valence-electron chi connectivity index (χ1n) is 14.8. The number of nitrogens with one attached hydrogen (secondary N) is 1. The highest BCUT2D eigenvalue weighted by Gasteiger charge is 2.64. The summed E-state index contributed by atoms with van der Waals surface area (Å²) in [6.07, 6.45) is 0. The normalized spacial score (nSPS) is 16.2. The fourth-order valence-corrected chi connectivity index (χ4v) is 14.5. The molecular formula is C34H23F4N3O6P3+. The molecule has 2 heterocycles.